The highest BCUT2D eigenvalue weighted by Gasteiger charge is 2.40. The van der Waals surface area contributed by atoms with Crippen LogP contribution in [0.1, 0.15) is 43.2 Å². The second-order valence-electron chi connectivity index (χ2n) is 5.93. The van der Waals surface area contributed by atoms with Gasteiger partial charge in [-0.2, -0.15) is 11.3 Å². The first-order chi connectivity index (χ1) is 9.81. The third-order valence-corrected chi connectivity index (χ3v) is 5.47. The summed E-state index contributed by atoms with van der Waals surface area (Å²) in [6.45, 7) is 0. The minimum atomic E-state index is -0.278. The monoisotopic (exact) mass is 286 g/mol. The van der Waals surface area contributed by atoms with Gasteiger partial charge in [-0.1, -0.05) is 49.6 Å². The van der Waals surface area contributed by atoms with Crippen molar-refractivity contribution >= 4 is 11.3 Å². The maximum Gasteiger partial charge on any atom is 0.0677 e. The van der Waals surface area contributed by atoms with Crippen molar-refractivity contribution in [2.45, 2.75) is 50.0 Å². The summed E-state index contributed by atoms with van der Waals surface area (Å²) < 4.78 is 0. The van der Waals surface area contributed by atoms with Crippen LogP contribution in [0.25, 0.3) is 0 Å². The molecular weight excluding hydrogens is 264 g/mol. The van der Waals surface area contributed by atoms with E-state index in [0.717, 1.165) is 19.3 Å². The van der Waals surface area contributed by atoms with E-state index in [4.69, 9.17) is 0 Å². The zero-order valence-electron chi connectivity index (χ0n) is 11.8. The van der Waals surface area contributed by atoms with E-state index in [2.05, 4.69) is 47.2 Å². The smallest absolute Gasteiger partial charge is 0.0677 e. The normalized spacial score (nSPS) is 19.6. The number of aliphatic hydroxyl groups is 1. The molecule has 1 aliphatic rings. The lowest BCUT2D eigenvalue weighted by Crippen LogP contribution is -2.42. The number of benzene rings is 1. The van der Waals surface area contributed by atoms with Gasteiger partial charge in [-0.25, -0.2) is 0 Å². The van der Waals surface area contributed by atoms with Gasteiger partial charge in [0, 0.05) is 11.8 Å². The zero-order chi connectivity index (χ0) is 13.8. The van der Waals surface area contributed by atoms with Crippen LogP contribution in [0.3, 0.4) is 0 Å². The van der Waals surface area contributed by atoms with Gasteiger partial charge >= 0.3 is 0 Å². The van der Waals surface area contributed by atoms with E-state index in [1.54, 1.807) is 11.3 Å². The Bertz CT molecular complexity index is 512. The molecule has 2 heteroatoms. The molecule has 1 unspecified atom stereocenters. The number of rotatable bonds is 4. The van der Waals surface area contributed by atoms with Gasteiger partial charge in [0.1, 0.15) is 0 Å². The summed E-state index contributed by atoms with van der Waals surface area (Å²) in [6.07, 6.45) is 6.49. The third kappa shape index (κ3) is 2.68. The summed E-state index contributed by atoms with van der Waals surface area (Å²) >= 11 is 1.71. The van der Waals surface area contributed by atoms with Crippen LogP contribution in [0.15, 0.2) is 47.2 Å². The topological polar surface area (TPSA) is 20.2 Å². The molecule has 1 heterocycles. The van der Waals surface area contributed by atoms with Crippen LogP contribution in [0.4, 0.5) is 0 Å². The number of thiophene rings is 1. The predicted molar refractivity (Wildman–Crippen MR) is 85.2 cm³/mol. The van der Waals surface area contributed by atoms with Crippen LogP contribution in [0.5, 0.6) is 0 Å². The number of hydrogen-bond donors (Lipinski definition) is 1. The SMILES string of the molecule is OC(Cc1ccsc1)C1(c2ccccc2)CCCCC1. The van der Waals surface area contributed by atoms with Crippen LogP contribution in [-0.4, -0.2) is 11.2 Å². The molecule has 1 atom stereocenters. The van der Waals surface area contributed by atoms with Crippen molar-refractivity contribution in [3.05, 3.63) is 58.3 Å². The minimum Gasteiger partial charge on any atom is -0.392 e. The molecule has 20 heavy (non-hydrogen) atoms. The van der Waals surface area contributed by atoms with Gasteiger partial charge < -0.3 is 5.11 Å². The Hall–Kier alpha value is -1.12. The fourth-order valence-electron chi connectivity index (χ4n) is 3.59. The van der Waals surface area contributed by atoms with Crippen LogP contribution in [0.2, 0.25) is 0 Å². The van der Waals surface area contributed by atoms with E-state index in [1.165, 1.54) is 30.4 Å². The Labute approximate surface area is 125 Å². The first kappa shape index (κ1) is 13.8. The molecule has 106 valence electrons. The van der Waals surface area contributed by atoms with Crippen molar-refractivity contribution in [2.75, 3.05) is 0 Å². The quantitative estimate of drug-likeness (QED) is 0.874. The van der Waals surface area contributed by atoms with Gasteiger partial charge in [0.25, 0.3) is 0 Å². The highest BCUT2D eigenvalue weighted by Crippen LogP contribution is 2.43. The summed E-state index contributed by atoms with van der Waals surface area (Å²) in [5.74, 6) is 0. The Morgan fingerprint density at radius 1 is 1.05 bits per heavy atom. The average molecular weight is 286 g/mol. The largest absolute Gasteiger partial charge is 0.392 e. The van der Waals surface area contributed by atoms with E-state index in [0.29, 0.717) is 0 Å². The van der Waals surface area contributed by atoms with Crippen molar-refractivity contribution < 1.29 is 5.11 Å². The molecule has 0 saturated heterocycles. The van der Waals surface area contributed by atoms with E-state index >= 15 is 0 Å². The molecular formula is C18H22OS. The van der Waals surface area contributed by atoms with Gasteiger partial charge in [-0.15, -0.1) is 0 Å². The highest BCUT2D eigenvalue weighted by molar-refractivity contribution is 7.07. The fourth-order valence-corrected chi connectivity index (χ4v) is 4.28. The Kier molecular flexibility index (Phi) is 4.23. The summed E-state index contributed by atoms with van der Waals surface area (Å²) in [5, 5.41) is 15.2. The lowest BCUT2D eigenvalue weighted by Gasteiger charge is -2.42. The lowest BCUT2D eigenvalue weighted by molar-refractivity contribution is 0.0540. The summed E-state index contributed by atoms with van der Waals surface area (Å²) in [7, 11) is 0. The van der Waals surface area contributed by atoms with Crippen molar-refractivity contribution in [3.8, 4) is 0 Å². The molecule has 0 bridgehead atoms. The Morgan fingerprint density at radius 3 is 2.45 bits per heavy atom. The molecule has 1 aliphatic carbocycles. The second kappa shape index (κ2) is 6.11. The molecule has 1 nitrogen and oxygen atoms in total. The molecule has 3 rings (SSSR count). The van der Waals surface area contributed by atoms with Gasteiger partial charge in [0.15, 0.2) is 0 Å². The molecule has 1 aromatic heterocycles. The number of hydrogen-bond acceptors (Lipinski definition) is 2. The van der Waals surface area contributed by atoms with Crippen LogP contribution < -0.4 is 0 Å². The zero-order valence-corrected chi connectivity index (χ0v) is 12.6. The van der Waals surface area contributed by atoms with Crippen molar-refractivity contribution in [2.24, 2.45) is 0 Å². The fraction of sp³-hybridized carbons (Fsp3) is 0.444. The maximum absolute atomic E-state index is 11.0. The van der Waals surface area contributed by atoms with Crippen molar-refractivity contribution in [3.63, 3.8) is 0 Å². The third-order valence-electron chi connectivity index (χ3n) is 4.74. The highest BCUT2D eigenvalue weighted by atomic mass is 32.1. The van der Waals surface area contributed by atoms with Crippen LogP contribution >= 0.6 is 11.3 Å². The Morgan fingerprint density at radius 2 is 1.80 bits per heavy atom. The van der Waals surface area contributed by atoms with Crippen LogP contribution in [-0.2, 0) is 11.8 Å². The first-order valence-corrected chi connectivity index (χ1v) is 8.50. The van der Waals surface area contributed by atoms with Crippen molar-refractivity contribution in [1.29, 1.82) is 0 Å². The number of aliphatic hydroxyl groups excluding tert-OH is 1. The molecule has 0 aliphatic heterocycles. The lowest BCUT2D eigenvalue weighted by atomic mass is 9.65. The average Bonchev–Trinajstić information content (AvgIpc) is 3.02. The summed E-state index contributed by atoms with van der Waals surface area (Å²) in [5.41, 5.74) is 2.55. The molecule has 1 aromatic carbocycles. The predicted octanol–water partition coefficient (Wildman–Crippen LogP) is 4.55. The molecule has 0 amide bonds. The van der Waals surface area contributed by atoms with Crippen LogP contribution in [0, 0.1) is 0 Å². The molecule has 1 fully saturated rings. The van der Waals surface area contributed by atoms with E-state index < -0.39 is 0 Å². The molecule has 2 aromatic rings. The molecule has 0 spiro atoms. The standard InChI is InChI=1S/C18H22OS/c19-17(13-15-9-12-20-14-15)18(10-5-2-6-11-18)16-7-3-1-4-8-16/h1,3-4,7-9,12,14,17,19H,2,5-6,10-11,13H2. The van der Waals surface area contributed by atoms with E-state index in [-0.39, 0.29) is 11.5 Å². The molecule has 0 radical (unpaired) electrons. The van der Waals surface area contributed by atoms with Crippen molar-refractivity contribution in [1.82, 2.24) is 0 Å². The maximum atomic E-state index is 11.0. The van der Waals surface area contributed by atoms with Gasteiger partial charge in [-0.3, -0.25) is 0 Å². The summed E-state index contributed by atoms with van der Waals surface area (Å²) in [6, 6.07) is 12.8. The van der Waals surface area contributed by atoms with E-state index in [9.17, 15) is 5.11 Å². The molecule has 1 saturated carbocycles. The van der Waals surface area contributed by atoms with Gasteiger partial charge in [0.2, 0.25) is 0 Å². The van der Waals surface area contributed by atoms with Gasteiger partial charge in [-0.05, 0) is 40.8 Å². The van der Waals surface area contributed by atoms with E-state index in [1.807, 2.05) is 0 Å². The minimum absolute atomic E-state index is 0.0402. The first-order valence-electron chi connectivity index (χ1n) is 7.56. The second-order valence-corrected chi connectivity index (χ2v) is 6.71. The molecule has 1 N–H and O–H groups in total. The Balaban J connectivity index is 1.89. The van der Waals surface area contributed by atoms with Gasteiger partial charge in [0.05, 0.1) is 6.10 Å². The summed E-state index contributed by atoms with van der Waals surface area (Å²) in [4.78, 5) is 0.